The molecule has 0 saturated carbocycles. The van der Waals surface area contributed by atoms with Gasteiger partial charge in [-0.2, -0.15) is 10.4 Å². The zero-order valence-corrected chi connectivity index (χ0v) is 12.5. The van der Waals surface area contributed by atoms with Crippen LogP contribution in [0.1, 0.15) is 25.5 Å². The molecule has 0 aliphatic heterocycles. The molecule has 2 rings (SSSR count). The molecule has 0 saturated heterocycles. The molecule has 0 spiro atoms. The number of hydrogen-bond acceptors (Lipinski definition) is 6. The molecule has 2 aromatic heterocycles. The summed E-state index contributed by atoms with van der Waals surface area (Å²) in [5, 5.41) is 19.1. The van der Waals surface area contributed by atoms with Gasteiger partial charge in [0.1, 0.15) is 11.0 Å². The minimum Gasteiger partial charge on any atom is -0.479 e. The van der Waals surface area contributed by atoms with Gasteiger partial charge in [0.05, 0.1) is 13.3 Å². The van der Waals surface area contributed by atoms with E-state index in [-0.39, 0.29) is 28.2 Å². The molecule has 2 heterocycles. The van der Waals surface area contributed by atoms with Gasteiger partial charge in [-0.15, -0.1) is 5.10 Å². The van der Waals surface area contributed by atoms with Crippen molar-refractivity contribution in [1.29, 1.82) is 5.26 Å². The first-order chi connectivity index (χ1) is 9.89. The summed E-state index contributed by atoms with van der Waals surface area (Å²) in [4.78, 5) is -0.00587. The molecule has 0 unspecified atom stereocenters. The van der Waals surface area contributed by atoms with Crippen LogP contribution in [0, 0.1) is 11.3 Å². The molecule has 10 heteroatoms. The molecule has 0 amide bonds. The van der Waals surface area contributed by atoms with Crippen molar-refractivity contribution in [3.8, 4) is 11.9 Å². The van der Waals surface area contributed by atoms with Gasteiger partial charge in [-0.25, -0.2) is 8.42 Å². The topological polar surface area (TPSA) is 126 Å². The lowest BCUT2D eigenvalue weighted by atomic mass is 10.3. The van der Waals surface area contributed by atoms with Crippen molar-refractivity contribution in [1.82, 2.24) is 20.0 Å². The van der Waals surface area contributed by atoms with Crippen LogP contribution in [0.2, 0.25) is 0 Å². The van der Waals surface area contributed by atoms with Crippen molar-refractivity contribution >= 4 is 15.8 Å². The molecule has 0 aromatic carbocycles. The average molecular weight is 310 g/mol. The number of sulfonamides is 1. The van der Waals surface area contributed by atoms with Gasteiger partial charge in [0.15, 0.2) is 11.4 Å². The average Bonchev–Trinajstić information content (AvgIpc) is 3.04. The van der Waals surface area contributed by atoms with E-state index in [0.717, 1.165) is 0 Å². The highest BCUT2D eigenvalue weighted by Gasteiger charge is 2.22. The normalized spacial score (nSPS) is 11.4. The third-order valence-corrected chi connectivity index (χ3v) is 4.00. The number of aromatic nitrogens is 4. The second kappa shape index (κ2) is 5.45. The monoisotopic (exact) mass is 310 g/mol. The predicted molar refractivity (Wildman–Crippen MR) is 73.3 cm³/mol. The lowest BCUT2D eigenvalue weighted by Crippen LogP contribution is -2.13. The van der Waals surface area contributed by atoms with E-state index < -0.39 is 10.0 Å². The van der Waals surface area contributed by atoms with Crippen molar-refractivity contribution in [2.45, 2.75) is 24.8 Å². The van der Waals surface area contributed by atoms with E-state index in [9.17, 15) is 8.42 Å². The lowest BCUT2D eigenvalue weighted by Gasteiger charge is -2.05. The van der Waals surface area contributed by atoms with Crippen LogP contribution in [0.3, 0.4) is 0 Å². The van der Waals surface area contributed by atoms with E-state index in [1.807, 2.05) is 19.9 Å². The number of nitrogens with one attached hydrogen (secondary N) is 2. The third-order valence-electron chi connectivity index (χ3n) is 2.69. The molecule has 9 nitrogen and oxygen atoms in total. The van der Waals surface area contributed by atoms with E-state index in [1.165, 1.54) is 24.2 Å². The predicted octanol–water partition coefficient (Wildman–Crippen LogP) is 0.868. The van der Waals surface area contributed by atoms with E-state index in [0.29, 0.717) is 0 Å². The Morgan fingerprint density at radius 1 is 1.52 bits per heavy atom. The Hall–Kier alpha value is -2.54. The van der Waals surface area contributed by atoms with Crippen molar-refractivity contribution in [3.05, 3.63) is 18.0 Å². The van der Waals surface area contributed by atoms with Gasteiger partial charge in [0, 0.05) is 12.2 Å². The molecule has 0 atom stereocenters. The Bertz CT molecular complexity index is 783. The minimum atomic E-state index is -3.86. The molecular formula is C11H14N6O3S. The highest BCUT2D eigenvalue weighted by Crippen LogP contribution is 2.24. The zero-order chi connectivity index (χ0) is 15.6. The number of anilines is 1. The van der Waals surface area contributed by atoms with E-state index in [2.05, 4.69) is 20.0 Å². The Morgan fingerprint density at radius 2 is 2.24 bits per heavy atom. The molecule has 21 heavy (non-hydrogen) atoms. The number of methoxy groups -OCH3 is 1. The van der Waals surface area contributed by atoms with Crippen LogP contribution in [0.15, 0.2) is 17.3 Å². The second-order valence-corrected chi connectivity index (χ2v) is 6.13. The summed E-state index contributed by atoms with van der Waals surface area (Å²) in [5.74, 6) is -0.0280. The number of aromatic amines is 1. The quantitative estimate of drug-likeness (QED) is 0.843. The highest BCUT2D eigenvalue weighted by atomic mass is 32.2. The number of H-pyrrole nitrogens is 1. The van der Waals surface area contributed by atoms with Gasteiger partial charge in [-0.1, -0.05) is 0 Å². The molecule has 0 aliphatic carbocycles. The maximum atomic E-state index is 12.2. The van der Waals surface area contributed by atoms with Crippen LogP contribution >= 0.6 is 0 Å². The number of rotatable bonds is 5. The Balaban J connectivity index is 2.33. The van der Waals surface area contributed by atoms with Crippen LogP contribution in [0.25, 0.3) is 0 Å². The van der Waals surface area contributed by atoms with Gasteiger partial charge < -0.3 is 4.74 Å². The fourth-order valence-corrected chi connectivity index (χ4v) is 2.55. The first-order valence-corrected chi connectivity index (χ1v) is 7.46. The van der Waals surface area contributed by atoms with Crippen LogP contribution in [-0.2, 0) is 10.0 Å². The zero-order valence-electron chi connectivity index (χ0n) is 11.7. The van der Waals surface area contributed by atoms with Crippen LogP contribution in [-0.4, -0.2) is 35.5 Å². The number of nitriles is 1. The fourth-order valence-electron chi connectivity index (χ4n) is 1.59. The number of hydrogen-bond donors (Lipinski definition) is 2. The molecule has 112 valence electrons. The van der Waals surface area contributed by atoms with Gasteiger partial charge in [-0.05, 0) is 13.8 Å². The van der Waals surface area contributed by atoms with Crippen LogP contribution < -0.4 is 9.46 Å². The molecule has 0 aliphatic rings. The third kappa shape index (κ3) is 2.82. The Kier molecular flexibility index (Phi) is 3.86. The highest BCUT2D eigenvalue weighted by molar-refractivity contribution is 7.92. The van der Waals surface area contributed by atoms with Gasteiger partial charge >= 0.3 is 0 Å². The molecule has 0 bridgehead atoms. The van der Waals surface area contributed by atoms with Crippen molar-refractivity contribution < 1.29 is 13.2 Å². The summed E-state index contributed by atoms with van der Waals surface area (Å²) in [6.45, 7) is 3.76. The number of ether oxygens (including phenoxy) is 1. The van der Waals surface area contributed by atoms with E-state index in [1.54, 1.807) is 0 Å². The summed E-state index contributed by atoms with van der Waals surface area (Å²) in [7, 11) is -2.53. The van der Waals surface area contributed by atoms with Gasteiger partial charge in [-0.3, -0.25) is 14.5 Å². The lowest BCUT2D eigenvalue weighted by molar-refractivity contribution is 0.396. The summed E-state index contributed by atoms with van der Waals surface area (Å²) in [6.07, 6.45) is 2.65. The number of nitrogens with zero attached hydrogens (tertiary/aromatic N) is 4. The molecule has 0 radical (unpaired) electrons. The van der Waals surface area contributed by atoms with Crippen LogP contribution in [0.5, 0.6) is 5.88 Å². The summed E-state index contributed by atoms with van der Waals surface area (Å²) < 4.78 is 33.1. The second-order valence-electron chi connectivity index (χ2n) is 4.45. The van der Waals surface area contributed by atoms with E-state index >= 15 is 0 Å². The molecule has 2 N–H and O–H groups in total. The maximum Gasteiger partial charge on any atom is 0.266 e. The fraction of sp³-hybridized carbons (Fsp3) is 0.364. The van der Waals surface area contributed by atoms with Crippen molar-refractivity contribution in [2.24, 2.45) is 0 Å². The molecule has 2 aromatic rings. The summed E-state index contributed by atoms with van der Waals surface area (Å²) in [5.41, 5.74) is -0.0164. The largest absolute Gasteiger partial charge is 0.479 e. The Labute approximate surface area is 121 Å². The maximum absolute atomic E-state index is 12.2. The van der Waals surface area contributed by atoms with Crippen molar-refractivity contribution in [3.63, 3.8) is 0 Å². The first kappa shape index (κ1) is 14.9. The van der Waals surface area contributed by atoms with Crippen molar-refractivity contribution in [2.75, 3.05) is 11.8 Å². The Morgan fingerprint density at radius 3 is 2.76 bits per heavy atom. The molecule has 0 fully saturated rings. The summed E-state index contributed by atoms with van der Waals surface area (Å²) in [6, 6.07) is 1.86. The smallest absolute Gasteiger partial charge is 0.266 e. The SMILES string of the molecule is COc1n[nH]c(NS(=O)(=O)c2cnn(C(C)C)c2)c1C#N. The molecular weight excluding hydrogens is 296 g/mol. The summed E-state index contributed by atoms with van der Waals surface area (Å²) >= 11 is 0. The minimum absolute atomic E-state index is 0.00587. The van der Waals surface area contributed by atoms with E-state index in [4.69, 9.17) is 10.00 Å². The van der Waals surface area contributed by atoms with Crippen LogP contribution in [0.4, 0.5) is 5.82 Å². The van der Waals surface area contributed by atoms with Gasteiger partial charge in [0.2, 0.25) is 0 Å². The standard InChI is InChI=1S/C11H14N6O3S/c1-7(2)17-6-8(5-13-17)21(18,19)16-10-9(4-12)11(20-3)15-14-10/h5-7H,1-3H3,(H2,14,15,16). The first-order valence-electron chi connectivity index (χ1n) is 5.98. The van der Waals surface area contributed by atoms with Gasteiger partial charge in [0.25, 0.3) is 15.9 Å².